The monoisotopic (exact) mass is 322 g/mol. The van der Waals surface area contributed by atoms with Crippen molar-refractivity contribution in [2.24, 2.45) is 0 Å². The molecule has 2 nitrogen and oxygen atoms in total. The molecule has 2 rings (SSSR count). The zero-order chi connectivity index (χ0) is 16.7. The van der Waals surface area contributed by atoms with E-state index >= 15 is 0 Å². The summed E-state index contributed by atoms with van der Waals surface area (Å²) in [5.41, 5.74) is -5.17. The van der Waals surface area contributed by atoms with Gasteiger partial charge < -0.3 is 10.2 Å². The summed E-state index contributed by atoms with van der Waals surface area (Å²) in [7, 11) is 0. The van der Waals surface area contributed by atoms with Crippen LogP contribution in [0.5, 0.6) is 11.5 Å². The first kappa shape index (κ1) is 16.0. The van der Waals surface area contributed by atoms with E-state index < -0.39 is 46.1 Å². The second-order valence-electron chi connectivity index (χ2n) is 4.39. The maximum Gasteiger partial charge on any atom is 0.417 e. The summed E-state index contributed by atoms with van der Waals surface area (Å²) >= 11 is 0. The van der Waals surface area contributed by atoms with Crippen LogP contribution in [0.2, 0.25) is 0 Å². The minimum atomic E-state index is -5.00. The van der Waals surface area contributed by atoms with Crippen molar-refractivity contribution < 1.29 is 36.6 Å². The van der Waals surface area contributed by atoms with E-state index in [-0.39, 0.29) is 0 Å². The highest BCUT2D eigenvalue weighted by Gasteiger charge is 2.40. The molecule has 118 valence electrons. The number of hydrogen-bond acceptors (Lipinski definition) is 2. The van der Waals surface area contributed by atoms with E-state index in [0.717, 1.165) is 24.3 Å². The molecule has 0 aromatic heterocycles. The summed E-state index contributed by atoms with van der Waals surface area (Å²) in [5, 5.41) is 19.3. The Balaban J connectivity index is 2.90. The highest BCUT2D eigenvalue weighted by atomic mass is 19.4. The molecule has 0 aliphatic heterocycles. The number of halogens is 6. The van der Waals surface area contributed by atoms with Crippen molar-refractivity contribution in [1.82, 2.24) is 0 Å². The molecule has 0 atom stereocenters. The molecule has 2 aromatic carbocycles. The van der Waals surface area contributed by atoms with Crippen LogP contribution in [0.25, 0.3) is 11.1 Å². The number of benzene rings is 2. The van der Waals surface area contributed by atoms with E-state index in [1.165, 1.54) is 0 Å². The van der Waals surface area contributed by atoms with Crippen molar-refractivity contribution in [3.8, 4) is 22.6 Å². The van der Waals surface area contributed by atoms with Crippen LogP contribution in [-0.4, -0.2) is 10.2 Å². The normalized spacial score (nSPS) is 12.5. The van der Waals surface area contributed by atoms with Gasteiger partial charge in [-0.1, -0.05) is 12.1 Å². The molecule has 0 unspecified atom stereocenters. The van der Waals surface area contributed by atoms with Gasteiger partial charge in [0.05, 0.1) is 11.1 Å². The Bertz CT molecular complexity index is 642. The maximum absolute atomic E-state index is 13.0. The van der Waals surface area contributed by atoms with Gasteiger partial charge in [0.1, 0.15) is 11.5 Å². The summed E-state index contributed by atoms with van der Waals surface area (Å²) < 4.78 is 78.0. The first-order chi connectivity index (χ1) is 10.0. The Morgan fingerprint density at radius 1 is 0.591 bits per heavy atom. The van der Waals surface area contributed by atoms with Gasteiger partial charge in [-0.25, -0.2) is 0 Å². The Morgan fingerprint density at radius 3 is 1.18 bits per heavy atom. The lowest BCUT2D eigenvalue weighted by molar-refractivity contribution is -0.139. The van der Waals surface area contributed by atoms with Crippen molar-refractivity contribution in [3.05, 3.63) is 47.5 Å². The van der Waals surface area contributed by atoms with E-state index in [9.17, 15) is 36.6 Å². The summed E-state index contributed by atoms with van der Waals surface area (Å²) in [5.74, 6) is -2.02. The summed E-state index contributed by atoms with van der Waals surface area (Å²) in [6, 6.07) is 4.40. The Kier molecular flexibility index (Phi) is 3.72. The smallest absolute Gasteiger partial charge is 0.417 e. The number of alkyl halides is 6. The molecule has 2 aromatic rings. The molecule has 0 heterocycles. The Labute approximate surface area is 120 Å². The summed E-state index contributed by atoms with van der Waals surface area (Å²) in [6.45, 7) is 0. The molecule has 2 N–H and O–H groups in total. The first-order valence-electron chi connectivity index (χ1n) is 5.82. The molecule has 0 bridgehead atoms. The van der Waals surface area contributed by atoms with Gasteiger partial charge in [-0.05, 0) is 24.3 Å². The van der Waals surface area contributed by atoms with Gasteiger partial charge in [0.2, 0.25) is 0 Å². The van der Waals surface area contributed by atoms with E-state index in [4.69, 9.17) is 0 Å². The lowest BCUT2D eigenvalue weighted by atomic mass is 9.93. The average Bonchev–Trinajstić information content (AvgIpc) is 2.36. The number of hydrogen-bond donors (Lipinski definition) is 2. The maximum atomic E-state index is 13.0. The molecule has 0 amide bonds. The Morgan fingerprint density at radius 2 is 0.909 bits per heavy atom. The molecule has 0 aliphatic rings. The third kappa shape index (κ3) is 2.81. The third-order valence-corrected chi connectivity index (χ3v) is 2.95. The minimum absolute atomic E-state index is 0.529. The molecule has 0 spiro atoms. The lowest BCUT2D eigenvalue weighted by Crippen LogP contribution is -2.11. The lowest BCUT2D eigenvalue weighted by Gasteiger charge is -2.19. The van der Waals surface area contributed by atoms with Gasteiger partial charge in [-0.2, -0.15) is 26.3 Å². The fourth-order valence-electron chi connectivity index (χ4n) is 2.08. The van der Waals surface area contributed by atoms with Crippen LogP contribution in [-0.2, 0) is 12.4 Å². The number of phenols is 2. The largest absolute Gasteiger partial charge is 0.507 e. The average molecular weight is 322 g/mol. The molecular weight excluding hydrogens is 314 g/mol. The second-order valence-corrected chi connectivity index (χ2v) is 4.39. The van der Waals surface area contributed by atoms with Crippen LogP contribution in [0.15, 0.2) is 36.4 Å². The van der Waals surface area contributed by atoms with Gasteiger partial charge in [0.25, 0.3) is 0 Å². The van der Waals surface area contributed by atoms with Gasteiger partial charge in [0.15, 0.2) is 0 Å². The standard InChI is InChI=1S/C14H8F6O2/c15-13(16,17)7-3-1-5-9(21)11(7)12-8(14(18,19)20)4-2-6-10(12)22/h1-6,21-22H. The molecule has 22 heavy (non-hydrogen) atoms. The zero-order valence-electron chi connectivity index (χ0n) is 10.6. The predicted molar refractivity (Wildman–Crippen MR) is 65.2 cm³/mol. The van der Waals surface area contributed by atoms with Crippen LogP contribution in [0, 0.1) is 0 Å². The molecule has 0 saturated heterocycles. The minimum Gasteiger partial charge on any atom is -0.507 e. The predicted octanol–water partition coefficient (Wildman–Crippen LogP) is 4.80. The molecule has 0 saturated carbocycles. The van der Waals surface area contributed by atoms with Crippen LogP contribution in [0.4, 0.5) is 26.3 Å². The van der Waals surface area contributed by atoms with E-state index in [1.807, 2.05) is 0 Å². The van der Waals surface area contributed by atoms with E-state index in [2.05, 4.69) is 0 Å². The van der Waals surface area contributed by atoms with Gasteiger partial charge in [0, 0.05) is 11.1 Å². The third-order valence-electron chi connectivity index (χ3n) is 2.95. The van der Waals surface area contributed by atoms with Crippen molar-refractivity contribution >= 4 is 0 Å². The molecule has 0 aliphatic carbocycles. The molecule has 0 radical (unpaired) electrons. The highest BCUT2D eigenvalue weighted by molar-refractivity contribution is 5.81. The van der Waals surface area contributed by atoms with Gasteiger partial charge in [-0.15, -0.1) is 0 Å². The van der Waals surface area contributed by atoms with Crippen LogP contribution < -0.4 is 0 Å². The van der Waals surface area contributed by atoms with Crippen molar-refractivity contribution in [2.45, 2.75) is 12.4 Å². The fourth-order valence-corrected chi connectivity index (χ4v) is 2.08. The van der Waals surface area contributed by atoms with Crippen LogP contribution in [0.1, 0.15) is 11.1 Å². The number of aromatic hydroxyl groups is 2. The number of phenolic OH excluding ortho intramolecular Hbond substituents is 2. The van der Waals surface area contributed by atoms with Gasteiger partial charge >= 0.3 is 12.4 Å². The summed E-state index contributed by atoms with van der Waals surface area (Å²) in [4.78, 5) is 0. The van der Waals surface area contributed by atoms with Crippen molar-refractivity contribution in [2.75, 3.05) is 0 Å². The van der Waals surface area contributed by atoms with Crippen LogP contribution in [0.3, 0.4) is 0 Å². The Hall–Kier alpha value is -2.38. The molecule has 0 fully saturated rings. The zero-order valence-corrected chi connectivity index (χ0v) is 10.6. The fraction of sp³-hybridized carbons (Fsp3) is 0.143. The van der Waals surface area contributed by atoms with Crippen molar-refractivity contribution in [3.63, 3.8) is 0 Å². The summed E-state index contributed by atoms with van der Waals surface area (Å²) in [6.07, 6.45) is -10.0. The highest BCUT2D eigenvalue weighted by Crippen LogP contribution is 2.49. The molecule has 8 heteroatoms. The quantitative estimate of drug-likeness (QED) is 0.740. The first-order valence-corrected chi connectivity index (χ1v) is 5.82. The van der Waals surface area contributed by atoms with E-state index in [0.29, 0.717) is 12.1 Å². The van der Waals surface area contributed by atoms with E-state index in [1.54, 1.807) is 0 Å². The SMILES string of the molecule is Oc1cccc(C(F)(F)F)c1-c1c(O)cccc1C(F)(F)F. The van der Waals surface area contributed by atoms with Gasteiger partial charge in [-0.3, -0.25) is 0 Å². The number of rotatable bonds is 1. The van der Waals surface area contributed by atoms with Crippen LogP contribution >= 0.6 is 0 Å². The topological polar surface area (TPSA) is 40.5 Å². The molecular formula is C14H8F6O2. The van der Waals surface area contributed by atoms with Crippen molar-refractivity contribution in [1.29, 1.82) is 0 Å². The second kappa shape index (κ2) is 5.11.